The summed E-state index contributed by atoms with van der Waals surface area (Å²) in [6.45, 7) is 0.819. The number of carboxylic acid groups (broad SMARTS) is 1. The molecule has 212 valence electrons. The number of hydrogen-bond donors (Lipinski definition) is 2. The molecule has 1 aromatic heterocycles. The molecule has 0 radical (unpaired) electrons. The smallest absolute Gasteiger partial charge is 0.417 e. The fourth-order valence-corrected chi connectivity index (χ4v) is 6.15. The zero-order valence-corrected chi connectivity index (χ0v) is 21.3. The van der Waals surface area contributed by atoms with E-state index >= 15 is 0 Å². The average molecular weight is 555 g/mol. The lowest BCUT2D eigenvalue weighted by atomic mass is 9.60. The van der Waals surface area contributed by atoms with Crippen LogP contribution in [-0.4, -0.2) is 63.3 Å². The lowest BCUT2D eigenvalue weighted by Crippen LogP contribution is -2.70. The molecule has 2 N–H and O–H groups in total. The van der Waals surface area contributed by atoms with Gasteiger partial charge in [-0.2, -0.15) is 18.3 Å². The predicted octanol–water partition coefficient (Wildman–Crippen LogP) is 5.38. The van der Waals surface area contributed by atoms with Crippen LogP contribution in [0, 0.1) is 5.41 Å². The van der Waals surface area contributed by atoms with Gasteiger partial charge in [-0.3, -0.25) is 14.3 Å². The number of carbonyl (C=O) groups excluding carboxylic acids is 1. The van der Waals surface area contributed by atoms with Crippen molar-refractivity contribution >= 4 is 11.9 Å². The monoisotopic (exact) mass is 554 g/mol. The fraction of sp³-hybridized carbons (Fsp3) is 0.593. The van der Waals surface area contributed by atoms with Gasteiger partial charge in [0, 0.05) is 37.7 Å². The first-order valence-electron chi connectivity index (χ1n) is 13.3. The van der Waals surface area contributed by atoms with E-state index in [4.69, 9.17) is 0 Å². The van der Waals surface area contributed by atoms with E-state index in [0.29, 0.717) is 13.0 Å². The van der Waals surface area contributed by atoms with Crippen molar-refractivity contribution < 1.29 is 36.6 Å². The van der Waals surface area contributed by atoms with Gasteiger partial charge in [-0.25, -0.2) is 8.78 Å². The maximum absolute atomic E-state index is 13.9. The predicted molar refractivity (Wildman–Crippen MR) is 131 cm³/mol. The van der Waals surface area contributed by atoms with Crippen LogP contribution in [0.15, 0.2) is 30.3 Å². The molecule has 0 unspecified atom stereocenters. The second kappa shape index (κ2) is 10.2. The molecular formula is C27H31F5N4O3. The first kappa shape index (κ1) is 27.5. The number of halogens is 5. The molecule has 1 atom stereocenters. The summed E-state index contributed by atoms with van der Waals surface area (Å²) in [6, 6.07) is 5.53. The van der Waals surface area contributed by atoms with Gasteiger partial charge in [0.2, 0.25) is 0 Å². The van der Waals surface area contributed by atoms with E-state index in [2.05, 4.69) is 10.4 Å². The summed E-state index contributed by atoms with van der Waals surface area (Å²) in [4.78, 5) is 26.5. The van der Waals surface area contributed by atoms with Gasteiger partial charge in [0.15, 0.2) is 5.69 Å². The lowest BCUT2D eigenvalue weighted by Gasteiger charge is -2.60. The van der Waals surface area contributed by atoms with Gasteiger partial charge in [0.1, 0.15) is 0 Å². The van der Waals surface area contributed by atoms with E-state index in [-0.39, 0.29) is 55.3 Å². The van der Waals surface area contributed by atoms with Gasteiger partial charge in [-0.1, -0.05) is 31.0 Å². The SMILES string of the molecule is O=C(O)C[C@H](CCN1CC2(CCC2(F)F)C1)NC(=O)c1cc(-c2ccccc2C(F)(F)F)n(C2CCCC2)n1. The number of rotatable bonds is 9. The molecule has 2 aromatic rings. The molecule has 1 aliphatic heterocycles. The number of benzene rings is 1. The van der Waals surface area contributed by atoms with Gasteiger partial charge in [0.25, 0.3) is 11.8 Å². The van der Waals surface area contributed by atoms with E-state index in [1.807, 2.05) is 4.90 Å². The van der Waals surface area contributed by atoms with Crippen molar-refractivity contribution in [2.24, 2.45) is 5.41 Å². The summed E-state index contributed by atoms with van der Waals surface area (Å²) in [6.07, 6.45) is -1.15. The minimum absolute atomic E-state index is 0.0787. The van der Waals surface area contributed by atoms with Crippen LogP contribution >= 0.6 is 0 Å². The Hall–Kier alpha value is -3.02. The molecule has 1 saturated heterocycles. The number of nitrogens with zero attached hydrogens (tertiary/aromatic N) is 3. The standard InChI is InChI=1S/C27H31F5N4O3/c28-26(29)11-10-25(26)15-35(16-25)12-9-17(13-23(37)38)33-24(39)21-14-22(36(34-21)18-5-1-2-6-18)19-7-3-4-8-20(19)27(30,31)32/h3-4,7-8,14,17-18H,1-2,5-6,9-13,15-16H2,(H,33,39)(H,37,38)/t17-/m0/s1. The minimum Gasteiger partial charge on any atom is -0.481 e. The zero-order valence-electron chi connectivity index (χ0n) is 21.3. The van der Waals surface area contributed by atoms with Crippen molar-refractivity contribution in [2.75, 3.05) is 19.6 Å². The quantitative estimate of drug-likeness (QED) is 0.407. The minimum atomic E-state index is -4.60. The van der Waals surface area contributed by atoms with Crippen molar-refractivity contribution in [2.45, 2.75) is 75.5 Å². The summed E-state index contributed by atoms with van der Waals surface area (Å²) in [5.74, 6) is -4.49. The largest absolute Gasteiger partial charge is 0.481 e. The Kier molecular flexibility index (Phi) is 7.19. The second-order valence-electron chi connectivity index (χ2n) is 11.1. The Morgan fingerprint density at radius 1 is 1.13 bits per heavy atom. The highest BCUT2D eigenvalue weighted by atomic mass is 19.4. The third-order valence-corrected chi connectivity index (χ3v) is 8.44. The average Bonchev–Trinajstić information content (AvgIpc) is 3.51. The summed E-state index contributed by atoms with van der Waals surface area (Å²) in [5.41, 5.74) is -1.80. The highest BCUT2D eigenvalue weighted by Crippen LogP contribution is 2.58. The van der Waals surface area contributed by atoms with E-state index in [9.17, 15) is 36.6 Å². The summed E-state index contributed by atoms with van der Waals surface area (Å²) < 4.78 is 70.6. The third kappa shape index (κ3) is 5.39. The molecule has 5 rings (SSSR count). The highest BCUT2D eigenvalue weighted by Gasteiger charge is 2.66. The van der Waals surface area contributed by atoms with Crippen LogP contribution in [-0.2, 0) is 11.0 Å². The van der Waals surface area contributed by atoms with Crippen LogP contribution in [0.25, 0.3) is 11.3 Å². The van der Waals surface area contributed by atoms with Crippen molar-refractivity contribution in [1.29, 1.82) is 0 Å². The van der Waals surface area contributed by atoms with Gasteiger partial charge < -0.3 is 15.3 Å². The van der Waals surface area contributed by atoms with Gasteiger partial charge in [0.05, 0.1) is 29.1 Å². The summed E-state index contributed by atoms with van der Waals surface area (Å²) in [5, 5.41) is 16.4. The number of likely N-dealkylation sites (tertiary alicyclic amines) is 1. The number of nitrogens with one attached hydrogen (secondary N) is 1. The fourth-order valence-electron chi connectivity index (χ4n) is 6.15. The maximum atomic E-state index is 13.9. The number of alkyl halides is 5. The van der Waals surface area contributed by atoms with E-state index in [1.54, 1.807) is 0 Å². The Labute approximate surface area is 222 Å². The summed E-state index contributed by atoms with van der Waals surface area (Å²) in [7, 11) is 0. The molecule has 39 heavy (non-hydrogen) atoms. The van der Waals surface area contributed by atoms with Crippen molar-refractivity contribution in [3.63, 3.8) is 0 Å². The molecule has 1 spiro atoms. The van der Waals surface area contributed by atoms with Crippen LogP contribution in [0.2, 0.25) is 0 Å². The van der Waals surface area contributed by atoms with Crippen molar-refractivity contribution in [3.8, 4) is 11.3 Å². The molecule has 1 aromatic carbocycles. The first-order valence-corrected chi connectivity index (χ1v) is 13.3. The molecule has 3 fully saturated rings. The van der Waals surface area contributed by atoms with Gasteiger partial charge >= 0.3 is 12.1 Å². The molecule has 3 aliphatic rings. The van der Waals surface area contributed by atoms with Gasteiger partial charge in [-0.15, -0.1) is 0 Å². The zero-order chi connectivity index (χ0) is 28.0. The molecule has 7 nitrogen and oxygen atoms in total. The Morgan fingerprint density at radius 3 is 2.41 bits per heavy atom. The number of hydrogen-bond acceptors (Lipinski definition) is 4. The van der Waals surface area contributed by atoms with Crippen LogP contribution in [0.5, 0.6) is 0 Å². The number of carboxylic acids is 1. The van der Waals surface area contributed by atoms with Crippen molar-refractivity contribution in [3.05, 3.63) is 41.6 Å². The number of carbonyl (C=O) groups is 2. The number of amides is 1. The molecule has 2 saturated carbocycles. The molecule has 2 heterocycles. The lowest BCUT2D eigenvalue weighted by molar-refractivity contribution is -0.258. The van der Waals surface area contributed by atoms with E-state index in [1.165, 1.54) is 28.9 Å². The second-order valence-corrected chi connectivity index (χ2v) is 11.1. The van der Waals surface area contributed by atoms with Crippen LogP contribution < -0.4 is 5.32 Å². The van der Waals surface area contributed by atoms with E-state index < -0.39 is 41.0 Å². The highest BCUT2D eigenvalue weighted by molar-refractivity contribution is 5.94. The van der Waals surface area contributed by atoms with Crippen LogP contribution in [0.3, 0.4) is 0 Å². The topological polar surface area (TPSA) is 87.5 Å². The molecule has 0 bridgehead atoms. The van der Waals surface area contributed by atoms with E-state index in [0.717, 1.165) is 31.7 Å². The molecule has 1 amide bonds. The Morgan fingerprint density at radius 2 is 1.82 bits per heavy atom. The Balaban J connectivity index is 1.33. The Bertz CT molecular complexity index is 1230. The number of aliphatic carboxylic acids is 1. The molecule has 2 aliphatic carbocycles. The molecular weight excluding hydrogens is 523 g/mol. The normalized spacial score (nSPS) is 21.4. The van der Waals surface area contributed by atoms with Crippen LogP contribution in [0.4, 0.5) is 22.0 Å². The van der Waals surface area contributed by atoms with Gasteiger partial charge in [-0.05, 0) is 37.8 Å². The number of aromatic nitrogens is 2. The molecule has 12 heteroatoms. The first-order chi connectivity index (χ1) is 18.4. The van der Waals surface area contributed by atoms with Crippen LogP contribution in [0.1, 0.15) is 73.5 Å². The maximum Gasteiger partial charge on any atom is 0.417 e. The summed E-state index contributed by atoms with van der Waals surface area (Å²) >= 11 is 0. The van der Waals surface area contributed by atoms with Crippen molar-refractivity contribution in [1.82, 2.24) is 20.0 Å². The third-order valence-electron chi connectivity index (χ3n) is 8.44.